The van der Waals surface area contributed by atoms with E-state index in [2.05, 4.69) is 32.1 Å². The fourth-order valence-electron chi connectivity index (χ4n) is 2.28. The highest BCUT2D eigenvalue weighted by molar-refractivity contribution is 9.10. The number of hydrogen-bond acceptors (Lipinski definition) is 5. The van der Waals surface area contributed by atoms with Crippen LogP contribution in [0.1, 0.15) is 29.8 Å². The number of carbonyl (C=O) groups excluding carboxylic acids is 2. The molecule has 0 saturated heterocycles. The Labute approximate surface area is 193 Å². The van der Waals surface area contributed by atoms with Crippen molar-refractivity contribution in [2.45, 2.75) is 26.9 Å². The van der Waals surface area contributed by atoms with E-state index in [1.165, 1.54) is 0 Å². The summed E-state index contributed by atoms with van der Waals surface area (Å²) >= 11 is 14.3. The number of ether oxygens (including phenoxy) is 2. The number of carbonyl (C=O) groups is 2. The summed E-state index contributed by atoms with van der Waals surface area (Å²) in [5.41, 5.74) is 5.99. The van der Waals surface area contributed by atoms with Crippen molar-refractivity contribution in [3.8, 4) is 11.5 Å². The molecule has 160 valence electrons. The van der Waals surface area contributed by atoms with E-state index in [0.717, 1.165) is 5.56 Å². The normalized spacial score (nSPS) is 10.3. The molecule has 0 radical (unpaired) electrons. The van der Waals surface area contributed by atoms with Gasteiger partial charge in [-0.2, -0.15) is 0 Å². The van der Waals surface area contributed by atoms with Crippen LogP contribution in [0.3, 0.4) is 0 Å². The van der Waals surface area contributed by atoms with E-state index in [1.807, 2.05) is 20.8 Å². The van der Waals surface area contributed by atoms with Crippen LogP contribution in [-0.2, 0) is 4.79 Å². The van der Waals surface area contributed by atoms with Gasteiger partial charge < -0.3 is 9.47 Å². The number of hydrogen-bond donors (Lipinski definition) is 3. The Morgan fingerprint density at radius 3 is 2.47 bits per heavy atom. The first kappa shape index (κ1) is 23.9. The Morgan fingerprint density at radius 2 is 1.83 bits per heavy atom. The maximum absolute atomic E-state index is 12.3. The lowest BCUT2D eigenvalue weighted by Crippen LogP contribution is -2.49. The summed E-state index contributed by atoms with van der Waals surface area (Å²) in [4.78, 5) is 24.2. The summed E-state index contributed by atoms with van der Waals surface area (Å²) in [7, 11) is 0. The Bertz CT molecular complexity index is 956. The zero-order chi connectivity index (χ0) is 22.3. The summed E-state index contributed by atoms with van der Waals surface area (Å²) in [6.45, 7) is 5.40. The number of hydrazine groups is 1. The van der Waals surface area contributed by atoms with Gasteiger partial charge in [-0.05, 0) is 90.9 Å². The van der Waals surface area contributed by atoms with Gasteiger partial charge in [-0.1, -0.05) is 11.6 Å². The molecule has 2 aromatic carbocycles. The summed E-state index contributed by atoms with van der Waals surface area (Å²) in [6.07, 6.45) is 0.00829. The Morgan fingerprint density at radius 1 is 1.13 bits per heavy atom. The zero-order valence-electron chi connectivity index (χ0n) is 16.5. The van der Waals surface area contributed by atoms with E-state index < -0.39 is 11.8 Å². The lowest BCUT2D eigenvalue weighted by Gasteiger charge is -2.14. The van der Waals surface area contributed by atoms with Crippen LogP contribution in [-0.4, -0.2) is 29.6 Å². The molecule has 0 aromatic heterocycles. The maximum atomic E-state index is 12.3. The number of rotatable bonds is 6. The molecule has 0 unspecified atom stereocenters. The van der Waals surface area contributed by atoms with Crippen molar-refractivity contribution < 1.29 is 19.1 Å². The predicted octanol–water partition coefficient (Wildman–Crippen LogP) is 3.91. The number of benzene rings is 2. The largest absolute Gasteiger partial charge is 0.490 e. The number of nitrogens with one attached hydrogen (secondary N) is 3. The molecule has 0 fully saturated rings. The number of thiocarbonyl (C=S) groups is 1. The molecule has 0 bridgehead atoms. The van der Waals surface area contributed by atoms with Crippen molar-refractivity contribution in [1.82, 2.24) is 16.2 Å². The molecule has 0 aliphatic rings. The molecule has 0 spiro atoms. The van der Waals surface area contributed by atoms with Crippen molar-refractivity contribution >= 4 is 56.7 Å². The first-order valence-corrected chi connectivity index (χ1v) is 10.5. The smallest absolute Gasteiger partial charge is 0.276 e. The van der Waals surface area contributed by atoms with Crippen LogP contribution in [0.4, 0.5) is 0 Å². The van der Waals surface area contributed by atoms with E-state index >= 15 is 0 Å². The maximum Gasteiger partial charge on any atom is 0.276 e. The van der Waals surface area contributed by atoms with Gasteiger partial charge in [-0.3, -0.25) is 25.8 Å². The van der Waals surface area contributed by atoms with Gasteiger partial charge >= 0.3 is 0 Å². The lowest BCUT2D eigenvalue weighted by atomic mass is 10.2. The fourth-order valence-corrected chi connectivity index (χ4v) is 3.12. The van der Waals surface area contributed by atoms with Crippen LogP contribution in [0.5, 0.6) is 11.5 Å². The third-order valence-corrected chi connectivity index (χ3v) is 4.65. The summed E-state index contributed by atoms with van der Waals surface area (Å²) < 4.78 is 11.7. The zero-order valence-corrected chi connectivity index (χ0v) is 19.7. The minimum Gasteiger partial charge on any atom is -0.490 e. The van der Waals surface area contributed by atoms with Crippen LogP contribution in [0.25, 0.3) is 0 Å². The van der Waals surface area contributed by atoms with Crippen LogP contribution >= 0.6 is 39.7 Å². The first-order valence-electron chi connectivity index (χ1n) is 8.91. The van der Waals surface area contributed by atoms with Gasteiger partial charge in [0, 0.05) is 10.6 Å². The van der Waals surface area contributed by atoms with E-state index in [9.17, 15) is 9.59 Å². The highest BCUT2D eigenvalue weighted by atomic mass is 79.9. The van der Waals surface area contributed by atoms with Crippen molar-refractivity contribution in [2.75, 3.05) is 6.61 Å². The van der Waals surface area contributed by atoms with E-state index in [4.69, 9.17) is 33.3 Å². The van der Waals surface area contributed by atoms with Gasteiger partial charge in [0.1, 0.15) is 11.5 Å². The second kappa shape index (κ2) is 11.1. The summed E-state index contributed by atoms with van der Waals surface area (Å²) in [6, 6.07) is 10.0. The predicted molar refractivity (Wildman–Crippen MR) is 123 cm³/mol. The van der Waals surface area contributed by atoms with E-state index in [1.54, 1.807) is 36.4 Å². The molecule has 2 rings (SSSR count). The van der Waals surface area contributed by atoms with E-state index in [-0.39, 0.29) is 17.8 Å². The second-order valence-corrected chi connectivity index (χ2v) is 8.17. The van der Waals surface area contributed by atoms with Crippen LogP contribution in [0, 0.1) is 6.92 Å². The molecule has 0 heterocycles. The summed E-state index contributed by atoms with van der Waals surface area (Å²) in [5.74, 6) is 0.261. The Balaban J connectivity index is 1.80. The Hall–Kier alpha value is -2.36. The van der Waals surface area contributed by atoms with Gasteiger partial charge in [0.25, 0.3) is 11.8 Å². The highest BCUT2D eigenvalue weighted by Crippen LogP contribution is 2.27. The van der Waals surface area contributed by atoms with Gasteiger partial charge in [0.15, 0.2) is 11.7 Å². The van der Waals surface area contributed by atoms with Crippen LogP contribution in [0.2, 0.25) is 5.02 Å². The molecular weight excluding hydrogens is 494 g/mol. The minimum absolute atomic E-state index is 0.00829. The quantitative estimate of drug-likeness (QED) is 0.400. The van der Waals surface area contributed by atoms with Gasteiger partial charge in [0.05, 0.1) is 10.6 Å². The van der Waals surface area contributed by atoms with E-state index in [0.29, 0.717) is 26.6 Å². The molecule has 7 nitrogen and oxygen atoms in total. The summed E-state index contributed by atoms with van der Waals surface area (Å²) in [5, 5.41) is 3.00. The number of aryl methyl sites for hydroxylation is 1. The van der Waals surface area contributed by atoms with Crippen LogP contribution < -0.4 is 25.6 Å². The number of amides is 2. The Kier molecular flexibility index (Phi) is 8.88. The molecule has 10 heteroatoms. The lowest BCUT2D eigenvalue weighted by molar-refractivity contribution is -0.123. The third-order valence-electron chi connectivity index (χ3n) is 3.59. The number of halogens is 2. The molecule has 0 aliphatic heterocycles. The average molecular weight is 515 g/mol. The second-order valence-electron chi connectivity index (χ2n) is 6.47. The first-order chi connectivity index (χ1) is 14.2. The topological polar surface area (TPSA) is 88.7 Å². The average Bonchev–Trinajstić information content (AvgIpc) is 2.66. The minimum atomic E-state index is -0.473. The molecule has 0 aliphatic carbocycles. The van der Waals surface area contributed by atoms with Crippen molar-refractivity contribution in [1.29, 1.82) is 0 Å². The monoisotopic (exact) mass is 513 g/mol. The standard InChI is InChI=1S/C20H21BrClN3O4S/c1-11(2)29-17-6-4-13(9-15(17)21)19(27)23-20(30)25-24-18(26)10-28-16-7-5-14(22)8-12(16)3/h4-9,11H,10H2,1-3H3,(H,24,26)(H2,23,25,27,30). The fraction of sp³-hybridized carbons (Fsp3) is 0.250. The van der Waals surface area contributed by atoms with Crippen molar-refractivity contribution in [2.24, 2.45) is 0 Å². The third kappa shape index (κ3) is 7.47. The molecule has 0 atom stereocenters. The SMILES string of the molecule is Cc1cc(Cl)ccc1OCC(=O)NNC(=S)NC(=O)c1ccc(OC(C)C)c(Br)c1. The molecule has 2 aromatic rings. The van der Waals surface area contributed by atoms with Gasteiger partial charge in [0.2, 0.25) is 0 Å². The van der Waals surface area contributed by atoms with Gasteiger partial charge in [-0.15, -0.1) is 0 Å². The molecule has 3 N–H and O–H groups in total. The van der Waals surface area contributed by atoms with Gasteiger partial charge in [-0.25, -0.2) is 0 Å². The van der Waals surface area contributed by atoms with Crippen molar-refractivity contribution in [3.63, 3.8) is 0 Å². The molecule has 2 amide bonds. The van der Waals surface area contributed by atoms with Crippen molar-refractivity contribution in [3.05, 3.63) is 57.0 Å². The highest BCUT2D eigenvalue weighted by Gasteiger charge is 2.12. The molecular formula is C20H21BrClN3O4S. The van der Waals surface area contributed by atoms with Crippen LogP contribution in [0.15, 0.2) is 40.9 Å². The molecule has 30 heavy (non-hydrogen) atoms. The molecule has 0 saturated carbocycles.